The van der Waals surface area contributed by atoms with E-state index in [-0.39, 0.29) is 6.10 Å². The lowest BCUT2D eigenvalue weighted by Crippen LogP contribution is -2.41. The fourth-order valence-electron chi connectivity index (χ4n) is 2.13. The highest BCUT2D eigenvalue weighted by Crippen LogP contribution is 2.19. The summed E-state index contributed by atoms with van der Waals surface area (Å²) >= 11 is 7.60. The summed E-state index contributed by atoms with van der Waals surface area (Å²) in [5.41, 5.74) is 0.958. The highest BCUT2D eigenvalue weighted by molar-refractivity contribution is 7.13. The van der Waals surface area contributed by atoms with Gasteiger partial charge in [0.1, 0.15) is 11.9 Å². The Morgan fingerprint density at radius 3 is 2.85 bits per heavy atom. The normalized spacial score (nSPS) is 12.6. The van der Waals surface area contributed by atoms with Crippen molar-refractivity contribution in [3.05, 3.63) is 40.4 Å². The van der Waals surface area contributed by atoms with Crippen LogP contribution in [0, 0.1) is 0 Å². The fraction of sp³-hybridized carbons (Fsp3) is 0.444. The first kappa shape index (κ1) is 20.3. The molecule has 0 saturated carbocycles. The van der Waals surface area contributed by atoms with Crippen molar-refractivity contribution in [1.29, 1.82) is 0 Å². The van der Waals surface area contributed by atoms with Crippen LogP contribution in [-0.2, 0) is 6.54 Å². The third kappa shape index (κ3) is 6.72. The average molecular weight is 396 g/mol. The van der Waals surface area contributed by atoms with Crippen LogP contribution in [0.2, 0.25) is 5.02 Å². The summed E-state index contributed by atoms with van der Waals surface area (Å²) in [5, 5.41) is 10.2. The third-order valence-corrected chi connectivity index (χ3v) is 4.65. The first-order valence-electron chi connectivity index (χ1n) is 8.54. The van der Waals surface area contributed by atoms with E-state index in [0.717, 1.165) is 29.1 Å². The minimum Gasteiger partial charge on any atom is -0.489 e. The Morgan fingerprint density at radius 2 is 2.19 bits per heavy atom. The van der Waals surface area contributed by atoms with Crippen molar-refractivity contribution in [3.8, 4) is 5.75 Å². The molecule has 6 nitrogen and oxygen atoms in total. The first-order valence-corrected chi connectivity index (χ1v) is 9.79. The van der Waals surface area contributed by atoms with Gasteiger partial charge in [0.05, 0.1) is 18.8 Å². The summed E-state index contributed by atoms with van der Waals surface area (Å²) in [6, 6.07) is 7.40. The van der Waals surface area contributed by atoms with Crippen molar-refractivity contribution in [2.45, 2.75) is 26.5 Å². The van der Waals surface area contributed by atoms with Gasteiger partial charge in [0.25, 0.3) is 0 Å². The highest BCUT2D eigenvalue weighted by Gasteiger charge is 2.07. The Kier molecular flexibility index (Phi) is 8.00. The monoisotopic (exact) mass is 395 g/mol. The van der Waals surface area contributed by atoms with E-state index in [9.17, 15) is 0 Å². The maximum atomic E-state index is 5.98. The smallest absolute Gasteiger partial charge is 0.191 e. The van der Waals surface area contributed by atoms with Crippen LogP contribution in [0.1, 0.15) is 19.5 Å². The van der Waals surface area contributed by atoms with Crippen molar-refractivity contribution >= 4 is 34.0 Å². The van der Waals surface area contributed by atoms with Gasteiger partial charge in [-0.1, -0.05) is 17.7 Å². The SMILES string of the molecule is CCNC(=NCc1csc(N(C)C)n1)NCC(C)Oc1cccc(Cl)c1. The van der Waals surface area contributed by atoms with Gasteiger partial charge in [-0.05, 0) is 32.0 Å². The first-order chi connectivity index (χ1) is 12.5. The Hall–Kier alpha value is -1.99. The van der Waals surface area contributed by atoms with Crippen LogP contribution in [0.3, 0.4) is 0 Å². The lowest BCUT2D eigenvalue weighted by atomic mass is 10.3. The molecule has 0 saturated heterocycles. The molecule has 0 amide bonds. The van der Waals surface area contributed by atoms with Crippen molar-refractivity contribution in [1.82, 2.24) is 15.6 Å². The lowest BCUT2D eigenvalue weighted by Gasteiger charge is -2.17. The number of hydrogen-bond donors (Lipinski definition) is 2. The van der Waals surface area contributed by atoms with E-state index in [2.05, 4.69) is 20.6 Å². The predicted molar refractivity (Wildman–Crippen MR) is 111 cm³/mol. The lowest BCUT2D eigenvalue weighted by molar-refractivity contribution is 0.224. The van der Waals surface area contributed by atoms with E-state index in [1.165, 1.54) is 0 Å². The number of rotatable bonds is 8. The van der Waals surface area contributed by atoms with E-state index >= 15 is 0 Å². The van der Waals surface area contributed by atoms with Crippen molar-refractivity contribution in [2.75, 3.05) is 32.1 Å². The molecule has 2 aromatic rings. The Bertz CT molecular complexity index is 719. The number of aliphatic imine (C=N–C) groups is 1. The molecule has 1 atom stereocenters. The summed E-state index contributed by atoms with van der Waals surface area (Å²) in [6.07, 6.45) is -0.0306. The maximum Gasteiger partial charge on any atom is 0.191 e. The van der Waals surface area contributed by atoms with Crippen molar-refractivity contribution in [2.24, 2.45) is 4.99 Å². The maximum absolute atomic E-state index is 5.98. The molecule has 0 bridgehead atoms. The molecule has 0 spiro atoms. The number of guanidine groups is 1. The Morgan fingerprint density at radius 1 is 1.38 bits per heavy atom. The third-order valence-electron chi connectivity index (χ3n) is 3.36. The molecular weight excluding hydrogens is 370 g/mol. The average Bonchev–Trinajstić information content (AvgIpc) is 3.07. The number of nitrogens with one attached hydrogen (secondary N) is 2. The number of anilines is 1. The largest absolute Gasteiger partial charge is 0.489 e. The molecule has 1 aromatic heterocycles. The highest BCUT2D eigenvalue weighted by atomic mass is 35.5. The summed E-state index contributed by atoms with van der Waals surface area (Å²) in [5.74, 6) is 1.50. The summed E-state index contributed by atoms with van der Waals surface area (Å²) in [7, 11) is 3.97. The number of hydrogen-bond acceptors (Lipinski definition) is 5. The Labute approximate surface area is 164 Å². The number of aromatic nitrogens is 1. The van der Waals surface area contributed by atoms with Gasteiger partial charge < -0.3 is 20.3 Å². The van der Waals surface area contributed by atoms with Gasteiger partial charge in [-0.15, -0.1) is 11.3 Å². The standard InChI is InChI=1S/C18H26ClN5OS/c1-5-20-17(22-11-15-12-26-18(23-15)24(3)4)21-10-13(2)25-16-8-6-7-14(19)9-16/h6-9,12-13H,5,10-11H2,1-4H3,(H2,20,21,22). The molecule has 8 heteroatoms. The van der Waals surface area contributed by atoms with E-state index in [1.54, 1.807) is 11.3 Å². The molecule has 1 aromatic carbocycles. The summed E-state index contributed by atoms with van der Waals surface area (Å²) in [4.78, 5) is 11.1. The van der Waals surface area contributed by atoms with Crippen LogP contribution in [0.5, 0.6) is 5.75 Å². The molecule has 0 radical (unpaired) electrons. The van der Waals surface area contributed by atoms with Crippen molar-refractivity contribution in [3.63, 3.8) is 0 Å². The van der Waals surface area contributed by atoms with Gasteiger partial charge in [-0.2, -0.15) is 0 Å². The van der Waals surface area contributed by atoms with Crippen LogP contribution in [0.25, 0.3) is 0 Å². The summed E-state index contributed by atoms with van der Waals surface area (Å²) < 4.78 is 5.87. The fourth-order valence-corrected chi connectivity index (χ4v) is 3.06. The molecular formula is C18H26ClN5OS. The topological polar surface area (TPSA) is 61.8 Å². The zero-order valence-corrected chi connectivity index (χ0v) is 17.2. The van der Waals surface area contributed by atoms with E-state index in [0.29, 0.717) is 18.1 Å². The van der Waals surface area contributed by atoms with E-state index < -0.39 is 0 Å². The van der Waals surface area contributed by atoms with Crippen LogP contribution in [0.4, 0.5) is 5.13 Å². The zero-order chi connectivity index (χ0) is 18.9. The minimum absolute atomic E-state index is 0.0306. The molecule has 26 heavy (non-hydrogen) atoms. The quantitative estimate of drug-likeness (QED) is 0.530. The van der Waals surface area contributed by atoms with Gasteiger partial charge in [0.2, 0.25) is 0 Å². The molecule has 0 aliphatic carbocycles. The molecule has 1 heterocycles. The molecule has 0 aliphatic rings. The molecule has 2 rings (SSSR count). The number of halogens is 1. The van der Waals surface area contributed by atoms with E-state index in [1.807, 2.05) is 62.5 Å². The van der Waals surface area contributed by atoms with Gasteiger partial charge >= 0.3 is 0 Å². The molecule has 1 unspecified atom stereocenters. The zero-order valence-electron chi connectivity index (χ0n) is 15.6. The Balaban J connectivity index is 1.87. The second kappa shape index (κ2) is 10.2. The molecule has 2 N–H and O–H groups in total. The number of benzene rings is 1. The number of nitrogens with zero attached hydrogens (tertiary/aromatic N) is 3. The van der Waals surface area contributed by atoms with Crippen LogP contribution < -0.4 is 20.3 Å². The molecule has 142 valence electrons. The number of thiazole rings is 1. The number of ether oxygens (including phenoxy) is 1. The van der Waals surface area contributed by atoms with Gasteiger partial charge in [0, 0.05) is 31.0 Å². The predicted octanol–water partition coefficient (Wildman–Crippen LogP) is 3.39. The summed E-state index contributed by atoms with van der Waals surface area (Å²) in [6.45, 7) is 5.98. The van der Waals surface area contributed by atoms with Crippen LogP contribution >= 0.6 is 22.9 Å². The molecule has 0 fully saturated rings. The van der Waals surface area contributed by atoms with Crippen LogP contribution in [0.15, 0.2) is 34.6 Å². The van der Waals surface area contributed by atoms with Gasteiger partial charge in [-0.3, -0.25) is 0 Å². The minimum atomic E-state index is -0.0306. The van der Waals surface area contributed by atoms with Crippen LogP contribution in [-0.4, -0.2) is 44.2 Å². The molecule has 0 aliphatic heterocycles. The second-order valence-corrected chi connectivity index (χ2v) is 7.25. The second-order valence-electron chi connectivity index (χ2n) is 5.98. The van der Waals surface area contributed by atoms with Gasteiger partial charge in [0.15, 0.2) is 11.1 Å². The van der Waals surface area contributed by atoms with Gasteiger partial charge in [-0.25, -0.2) is 9.98 Å². The van der Waals surface area contributed by atoms with E-state index in [4.69, 9.17) is 16.3 Å². The van der Waals surface area contributed by atoms with Crippen molar-refractivity contribution < 1.29 is 4.74 Å².